The Kier molecular flexibility index (Phi) is 4.22. The van der Waals surface area contributed by atoms with Crippen LogP contribution in [0, 0.1) is 19.8 Å². The predicted molar refractivity (Wildman–Crippen MR) is 83.0 cm³/mol. The third-order valence-corrected chi connectivity index (χ3v) is 4.49. The molecule has 0 radical (unpaired) electrons. The van der Waals surface area contributed by atoms with Crippen LogP contribution in [0.15, 0.2) is 17.4 Å². The van der Waals surface area contributed by atoms with Gasteiger partial charge in [0.05, 0.1) is 6.33 Å². The summed E-state index contributed by atoms with van der Waals surface area (Å²) in [6.45, 7) is 5.63. The van der Waals surface area contributed by atoms with Crippen LogP contribution in [-0.2, 0) is 6.54 Å². The Morgan fingerprint density at radius 2 is 2.04 bits per heavy atom. The van der Waals surface area contributed by atoms with Gasteiger partial charge in [0.1, 0.15) is 6.33 Å². The van der Waals surface area contributed by atoms with Crippen molar-refractivity contribution in [1.29, 1.82) is 0 Å². The topological polar surface area (TPSA) is 96.8 Å². The van der Waals surface area contributed by atoms with Crippen molar-refractivity contribution in [2.45, 2.75) is 33.2 Å². The van der Waals surface area contributed by atoms with Gasteiger partial charge in [-0.2, -0.15) is 5.10 Å². The monoisotopic (exact) mass is 316 g/mol. The van der Waals surface area contributed by atoms with Gasteiger partial charge in [0.15, 0.2) is 0 Å². The fourth-order valence-corrected chi connectivity index (χ4v) is 2.86. The number of aromatic nitrogens is 5. The van der Waals surface area contributed by atoms with Gasteiger partial charge in [0.2, 0.25) is 5.82 Å². The summed E-state index contributed by atoms with van der Waals surface area (Å²) < 4.78 is 1.68. The largest absolute Gasteiger partial charge is 0.336 e. The van der Waals surface area contributed by atoms with E-state index in [4.69, 9.17) is 0 Å². The van der Waals surface area contributed by atoms with E-state index in [0.717, 1.165) is 18.5 Å². The highest BCUT2D eigenvalue weighted by Gasteiger charge is 2.25. The van der Waals surface area contributed by atoms with Gasteiger partial charge in [0.25, 0.3) is 11.5 Å². The molecule has 3 heterocycles. The molecule has 0 bridgehead atoms. The van der Waals surface area contributed by atoms with Crippen LogP contribution in [0.5, 0.6) is 0 Å². The molecule has 122 valence electrons. The van der Waals surface area contributed by atoms with Gasteiger partial charge in [-0.25, -0.2) is 9.97 Å². The highest BCUT2D eigenvalue weighted by Crippen LogP contribution is 2.19. The van der Waals surface area contributed by atoms with E-state index in [1.165, 1.54) is 6.33 Å². The van der Waals surface area contributed by atoms with Crippen molar-refractivity contribution >= 4 is 5.91 Å². The molecule has 1 aliphatic rings. The fourth-order valence-electron chi connectivity index (χ4n) is 2.86. The maximum Gasteiger partial charge on any atom is 0.291 e. The first-order valence-corrected chi connectivity index (χ1v) is 7.73. The molecule has 2 aromatic rings. The number of hydrogen-bond acceptors (Lipinski definition) is 5. The number of aryl methyl sites for hydroxylation is 1. The Morgan fingerprint density at radius 1 is 1.30 bits per heavy atom. The number of piperidine rings is 1. The van der Waals surface area contributed by atoms with Crippen molar-refractivity contribution in [1.82, 2.24) is 29.6 Å². The summed E-state index contributed by atoms with van der Waals surface area (Å²) in [6, 6.07) is 0. The molecule has 8 heteroatoms. The molecule has 1 aliphatic heterocycles. The second-order valence-corrected chi connectivity index (χ2v) is 5.98. The maximum atomic E-state index is 12.2. The number of amides is 1. The zero-order valence-corrected chi connectivity index (χ0v) is 13.3. The Morgan fingerprint density at radius 3 is 2.70 bits per heavy atom. The minimum Gasteiger partial charge on any atom is -0.336 e. The van der Waals surface area contributed by atoms with Gasteiger partial charge in [-0.05, 0) is 32.6 Å². The lowest BCUT2D eigenvalue weighted by Crippen LogP contribution is -2.40. The normalized spacial score (nSPS) is 15.8. The van der Waals surface area contributed by atoms with Crippen molar-refractivity contribution in [2.75, 3.05) is 13.1 Å². The molecule has 8 nitrogen and oxygen atoms in total. The van der Waals surface area contributed by atoms with Crippen molar-refractivity contribution in [3.63, 3.8) is 0 Å². The number of nitrogens with one attached hydrogen (secondary N) is 1. The van der Waals surface area contributed by atoms with Crippen LogP contribution >= 0.6 is 0 Å². The van der Waals surface area contributed by atoms with Crippen molar-refractivity contribution in [3.05, 3.63) is 40.1 Å². The Hall–Kier alpha value is -2.51. The number of carbonyl (C=O) groups excluding carboxylic acids is 1. The SMILES string of the molecule is Cc1ncn(CC2CCN(C(=O)c3ncn[nH]3)CC2)c(=O)c1C. The lowest BCUT2D eigenvalue weighted by molar-refractivity contribution is 0.0670. The van der Waals surface area contributed by atoms with Crippen LogP contribution in [0.3, 0.4) is 0 Å². The third kappa shape index (κ3) is 3.15. The van der Waals surface area contributed by atoms with Crippen LogP contribution in [0.2, 0.25) is 0 Å². The summed E-state index contributed by atoms with van der Waals surface area (Å²) in [5, 5.41) is 6.30. The summed E-state index contributed by atoms with van der Waals surface area (Å²) >= 11 is 0. The second kappa shape index (κ2) is 6.31. The molecule has 3 rings (SSSR count). The molecule has 0 aromatic carbocycles. The number of likely N-dealkylation sites (tertiary alicyclic amines) is 1. The predicted octanol–water partition coefficient (Wildman–Crippen LogP) is 0.531. The molecule has 2 aromatic heterocycles. The average molecular weight is 316 g/mol. The minimum atomic E-state index is -0.119. The molecule has 1 amide bonds. The van der Waals surface area contributed by atoms with Gasteiger partial charge < -0.3 is 4.90 Å². The van der Waals surface area contributed by atoms with Crippen LogP contribution < -0.4 is 5.56 Å². The lowest BCUT2D eigenvalue weighted by atomic mass is 9.96. The lowest BCUT2D eigenvalue weighted by Gasteiger charge is -2.31. The molecule has 0 unspecified atom stereocenters. The Balaban J connectivity index is 1.61. The standard InChI is InChI=1S/C15H20N6O2/c1-10-11(2)17-9-21(14(10)22)7-12-3-5-20(6-4-12)15(23)13-16-8-18-19-13/h8-9,12H,3-7H2,1-2H3,(H,16,18,19). The molecule has 1 fully saturated rings. The van der Waals surface area contributed by atoms with Crippen LogP contribution in [-0.4, -0.2) is 48.6 Å². The van der Waals surface area contributed by atoms with Crippen LogP contribution in [0.25, 0.3) is 0 Å². The first-order valence-electron chi connectivity index (χ1n) is 7.73. The molecule has 23 heavy (non-hydrogen) atoms. The molecular weight excluding hydrogens is 296 g/mol. The quantitative estimate of drug-likeness (QED) is 0.891. The van der Waals surface area contributed by atoms with E-state index in [2.05, 4.69) is 20.2 Å². The molecule has 0 saturated carbocycles. The van der Waals surface area contributed by atoms with Crippen molar-refractivity contribution in [2.24, 2.45) is 5.92 Å². The Labute approximate surface area is 133 Å². The molecule has 0 atom stereocenters. The summed E-state index contributed by atoms with van der Waals surface area (Å²) in [7, 11) is 0. The molecule has 1 saturated heterocycles. The first-order chi connectivity index (χ1) is 11.1. The van der Waals surface area contributed by atoms with Crippen LogP contribution in [0.4, 0.5) is 0 Å². The first kappa shape index (κ1) is 15.4. The second-order valence-electron chi connectivity index (χ2n) is 5.98. The maximum absolute atomic E-state index is 12.2. The van der Waals surface area contributed by atoms with E-state index in [1.807, 2.05) is 6.92 Å². The highest BCUT2D eigenvalue weighted by molar-refractivity contribution is 5.90. The summed E-state index contributed by atoms with van der Waals surface area (Å²) in [4.78, 5) is 34.4. The van der Waals surface area contributed by atoms with E-state index in [0.29, 0.717) is 31.1 Å². The van der Waals surface area contributed by atoms with E-state index in [-0.39, 0.29) is 17.3 Å². The number of rotatable bonds is 3. The Bertz CT molecular complexity index is 744. The van der Waals surface area contributed by atoms with E-state index in [1.54, 1.807) is 22.7 Å². The molecule has 1 N–H and O–H groups in total. The van der Waals surface area contributed by atoms with Gasteiger partial charge >= 0.3 is 0 Å². The zero-order valence-electron chi connectivity index (χ0n) is 13.3. The number of aromatic amines is 1. The summed E-state index contributed by atoms with van der Waals surface area (Å²) in [6.07, 6.45) is 4.67. The van der Waals surface area contributed by atoms with Crippen molar-refractivity contribution in [3.8, 4) is 0 Å². The number of H-pyrrole nitrogens is 1. The van der Waals surface area contributed by atoms with Gasteiger partial charge in [0, 0.05) is 30.9 Å². The number of nitrogens with zero attached hydrogens (tertiary/aromatic N) is 5. The number of hydrogen-bond donors (Lipinski definition) is 1. The summed E-state index contributed by atoms with van der Waals surface area (Å²) in [5.41, 5.74) is 1.50. The minimum absolute atomic E-state index is 0.0256. The van der Waals surface area contributed by atoms with Gasteiger partial charge in [-0.15, -0.1) is 0 Å². The van der Waals surface area contributed by atoms with Crippen LogP contribution in [0.1, 0.15) is 34.7 Å². The average Bonchev–Trinajstić information content (AvgIpc) is 3.10. The van der Waals surface area contributed by atoms with E-state index in [9.17, 15) is 9.59 Å². The number of carbonyl (C=O) groups is 1. The zero-order chi connectivity index (χ0) is 16.4. The van der Waals surface area contributed by atoms with Crippen molar-refractivity contribution < 1.29 is 4.79 Å². The third-order valence-electron chi connectivity index (χ3n) is 4.49. The molecular formula is C15H20N6O2. The van der Waals surface area contributed by atoms with E-state index >= 15 is 0 Å². The molecule has 0 spiro atoms. The highest BCUT2D eigenvalue weighted by atomic mass is 16.2. The van der Waals surface area contributed by atoms with E-state index < -0.39 is 0 Å². The fraction of sp³-hybridized carbons (Fsp3) is 0.533. The molecule has 0 aliphatic carbocycles. The van der Waals surface area contributed by atoms with Gasteiger partial charge in [-0.3, -0.25) is 19.3 Å². The smallest absolute Gasteiger partial charge is 0.291 e. The summed E-state index contributed by atoms with van der Waals surface area (Å²) in [5.74, 6) is 0.527. The van der Waals surface area contributed by atoms with Gasteiger partial charge in [-0.1, -0.05) is 0 Å².